The van der Waals surface area contributed by atoms with Crippen molar-refractivity contribution in [1.82, 2.24) is 36.1 Å². The number of aliphatic hydroxyl groups is 1. The number of alkyl carbamates (subject to hydrolysis) is 1. The maximum absolute atomic E-state index is 15.4. The molecule has 22 heteroatoms. The Hall–Kier alpha value is -7.07. The number of hydrogen-bond acceptors (Lipinski definition) is 13. The van der Waals surface area contributed by atoms with E-state index in [0.717, 1.165) is 5.56 Å². The van der Waals surface area contributed by atoms with Gasteiger partial charge < -0.3 is 56.8 Å². The maximum Gasteiger partial charge on any atom is 0.407 e. The van der Waals surface area contributed by atoms with Gasteiger partial charge in [0.25, 0.3) is 5.56 Å². The number of thiol groups is 1. The largest absolute Gasteiger partial charge is 0.458 e. The second kappa shape index (κ2) is 22.6. The molecule has 384 valence electrons. The lowest BCUT2D eigenvalue weighted by atomic mass is 9.81. The van der Waals surface area contributed by atoms with Crippen LogP contribution in [0.2, 0.25) is 0 Å². The van der Waals surface area contributed by atoms with E-state index in [9.17, 15) is 43.5 Å². The van der Waals surface area contributed by atoms with Crippen LogP contribution in [0.5, 0.6) is 0 Å². The average Bonchev–Trinajstić information content (AvgIpc) is 3.72. The molecule has 0 radical (unpaired) electrons. The number of carbonyl (C=O) groups excluding carboxylic acids is 7. The predicted molar refractivity (Wildman–Crippen MR) is 265 cm³/mol. The van der Waals surface area contributed by atoms with E-state index in [1.165, 1.54) is 10.6 Å². The number of pyridine rings is 2. The summed E-state index contributed by atoms with van der Waals surface area (Å²) in [6.07, 6.45) is 0.773. The summed E-state index contributed by atoms with van der Waals surface area (Å²) in [6, 6.07) is 5.90. The zero-order valence-corrected chi connectivity index (χ0v) is 41.4. The molecule has 9 N–H and O–H groups in total. The van der Waals surface area contributed by atoms with Crippen molar-refractivity contribution < 1.29 is 52.5 Å². The number of aryl methyl sites for hydroxylation is 1. The summed E-state index contributed by atoms with van der Waals surface area (Å²) in [5.41, 5.74) is 7.45. The van der Waals surface area contributed by atoms with Crippen LogP contribution in [0.25, 0.3) is 22.3 Å². The Morgan fingerprint density at radius 3 is 2.42 bits per heavy atom. The molecule has 0 spiro atoms. The lowest BCUT2D eigenvalue weighted by Crippen LogP contribution is -2.54. The molecular formula is C50H60FN9O11S. The molecule has 0 fully saturated rings. The van der Waals surface area contributed by atoms with Gasteiger partial charge in [-0.1, -0.05) is 32.9 Å². The molecule has 2 aromatic carbocycles. The predicted octanol–water partition coefficient (Wildman–Crippen LogP) is 3.67. The second-order valence-corrected chi connectivity index (χ2v) is 19.0. The minimum absolute atomic E-state index is 0.00537. The Labute approximate surface area is 419 Å². The number of cyclic esters (lactones) is 1. The van der Waals surface area contributed by atoms with Gasteiger partial charge in [-0.25, -0.2) is 23.8 Å². The first-order chi connectivity index (χ1) is 34.3. The third kappa shape index (κ3) is 11.3. The highest BCUT2D eigenvalue weighted by Gasteiger charge is 2.46. The van der Waals surface area contributed by atoms with E-state index in [-0.39, 0.29) is 87.8 Å². The SMILES string of the molecule is CC[C@@]1(O)C(=O)OCc2c1cc1n(c2=O)Cc2c-1nc1cc(F)c(C)c3c1c2[C@@H](NC(=O)OCc1ccc(NC(=O)[C@H](CCCNC(N)=O)NC(=O)[C@@H](NC(=O)CCCC(=O)NCCS)C(C)C)cc1)CC3. The minimum Gasteiger partial charge on any atom is -0.458 e. The van der Waals surface area contributed by atoms with Crippen LogP contribution in [0.4, 0.5) is 19.7 Å². The van der Waals surface area contributed by atoms with Crippen LogP contribution in [-0.4, -0.2) is 87.3 Å². The van der Waals surface area contributed by atoms with E-state index in [2.05, 4.69) is 44.5 Å². The number of esters is 1. The molecule has 4 atom stereocenters. The lowest BCUT2D eigenvalue weighted by Gasteiger charge is -2.31. The van der Waals surface area contributed by atoms with Gasteiger partial charge in [-0.3, -0.25) is 24.0 Å². The van der Waals surface area contributed by atoms with Crippen LogP contribution in [0.15, 0.2) is 41.2 Å². The molecule has 0 saturated heterocycles. The molecule has 4 aromatic rings. The number of halogens is 1. The quantitative estimate of drug-likeness (QED) is 0.0307. The number of rotatable bonds is 20. The summed E-state index contributed by atoms with van der Waals surface area (Å²) in [4.78, 5) is 108. The second-order valence-electron chi connectivity index (χ2n) is 18.5. The van der Waals surface area contributed by atoms with Gasteiger partial charge in [-0.2, -0.15) is 12.6 Å². The van der Waals surface area contributed by atoms with Crippen LogP contribution in [0, 0.1) is 18.7 Å². The zero-order valence-electron chi connectivity index (χ0n) is 40.5. The highest BCUT2D eigenvalue weighted by molar-refractivity contribution is 7.80. The molecule has 7 rings (SSSR count). The fourth-order valence-electron chi connectivity index (χ4n) is 9.47. The molecule has 1 aliphatic carbocycles. The first-order valence-corrected chi connectivity index (χ1v) is 24.6. The van der Waals surface area contributed by atoms with Crippen molar-refractivity contribution >= 4 is 70.9 Å². The van der Waals surface area contributed by atoms with Gasteiger partial charge in [-0.05, 0) is 91.8 Å². The van der Waals surface area contributed by atoms with E-state index in [4.69, 9.17) is 20.2 Å². The molecule has 2 aromatic heterocycles. The van der Waals surface area contributed by atoms with E-state index in [1.807, 2.05) is 0 Å². The molecule has 0 bridgehead atoms. The number of nitrogens with one attached hydrogen (secondary N) is 6. The van der Waals surface area contributed by atoms with E-state index in [1.54, 1.807) is 58.0 Å². The summed E-state index contributed by atoms with van der Waals surface area (Å²) in [6.45, 7) is 6.92. The molecule has 0 unspecified atom stereocenters. The number of nitrogens with two attached hydrogens (primary N) is 1. The number of hydrogen-bond donors (Lipinski definition) is 9. The number of nitrogens with zero attached hydrogens (tertiary/aromatic N) is 2. The summed E-state index contributed by atoms with van der Waals surface area (Å²) >= 11 is 4.06. The number of aromatic nitrogens is 2. The molecule has 0 saturated carbocycles. The average molecular weight is 1010 g/mol. The number of primary amides is 1. The minimum atomic E-state index is -2.04. The van der Waals surface area contributed by atoms with Crippen molar-refractivity contribution in [2.45, 2.75) is 123 Å². The van der Waals surface area contributed by atoms with Crippen molar-refractivity contribution in [3.8, 4) is 11.4 Å². The monoisotopic (exact) mass is 1010 g/mol. The van der Waals surface area contributed by atoms with Gasteiger partial charge >= 0.3 is 18.1 Å². The highest BCUT2D eigenvalue weighted by atomic mass is 32.1. The number of ether oxygens (including phenoxy) is 2. The van der Waals surface area contributed by atoms with Gasteiger partial charge in [0.2, 0.25) is 23.6 Å². The number of urea groups is 1. The van der Waals surface area contributed by atoms with Gasteiger partial charge in [-0.15, -0.1) is 0 Å². The summed E-state index contributed by atoms with van der Waals surface area (Å²) in [5.74, 6) is -3.01. The third-order valence-corrected chi connectivity index (χ3v) is 13.6. The Morgan fingerprint density at radius 1 is 0.986 bits per heavy atom. The normalized spacial score (nSPS) is 17.1. The standard InChI is InChI=1S/C50H60FN9O11S/c1-5-50(69)32-20-37-43-30(22-60(37)46(65)31(32)24-70-47(50)66)41-34(16-15-29-26(4)33(51)21-36(56-43)40(29)41)58-49(68)71-23-27-11-13-28(14-12-27)55-44(63)35(8-7-17-54-48(52)67)57-45(64)42(25(2)3)59-39(62)10-6-9-38(61)53-18-19-72/h11-14,20-21,25,34-35,42,69,72H,5-10,15-19,22-24H2,1-4H3,(H,53,61)(H,55,63)(H,57,64)(H,58,68)(H,59,62)(H3,52,54,67)/t34-,35-,42-,50-/m0/s1. The number of benzene rings is 2. The maximum atomic E-state index is 15.4. The Kier molecular flexibility index (Phi) is 16.5. The Morgan fingerprint density at radius 2 is 1.72 bits per heavy atom. The van der Waals surface area contributed by atoms with E-state index in [0.29, 0.717) is 75.4 Å². The van der Waals surface area contributed by atoms with Crippen molar-refractivity contribution in [2.24, 2.45) is 11.7 Å². The highest BCUT2D eigenvalue weighted by Crippen LogP contribution is 2.46. The summed E-state index contributed by atoms with van der Waals surface area (Å²) in [5, 5.41) is 28.4. The summed E-state index contributed by atoms with van der Waals surface area (Å²) < 4.78 is 27.8. The molecule has 4 heterocycles. The first-order valence-electron chi connectivity index (χ1n) is 24.0. The zero-order chi connectivity index (χ0) is 52.0. The lowest BCUT2D eigenvalue weighted by molar-refractivity contribution is -0.172. The van der Waals surface area contributed by atoms with Crippen LogP contribution >= 0.6 is 12.6 Å². The van der Waals surface area contributed by atoms with Gasteiger partial charge in [0.1, 0.15) is 31.1 Å². The van der Waals surface area contributed by atoms with Crippen molar-refractivity contribution in [3.05, 3.63) is 91.5 Å². The molecule has 20 nitrogen and oxygen atoms in total. The third-order valence-electron chi connectivity index (χ3n) is 13.4. The van der Waals surface area contributed by atoms with Crippen molar-refractivity contribution in [1.29, 1.82) is 0 Å². The number of fused-ring (bicyclic) bond motifs is 5. The molecule has 3 aliphatic rings. The molecular weight excluding hydrogens is 954 g/mol. The molecule has 2 aliphatic heterocycles. The molecule has 72 heavy (non-hydrogen) atoms. The number of anilines is 1. The van der Waals surface area contributed by atoms with E-state index >= 15 is 4.39 Å². The van der Waals surface area contributed by atoms with Crippen LogP contribution in [-0.2, 0) is 65.2 Å². The molecule has 7 amide bonds. The fraction of sp³-hybridized carbons (Fsp3) is 0.460. The van der Waals surface area contributed by atoms with Crippen LogP contribution < -0.4 is 43.2 Å². The van der Waals surface area contributed by atoms with Crippen LogP contribution in [0.1, 0.15) is 111 Å². The topological polar surface area (TPSA) is 291 Å². The number of amides is 7. The van der Waals surface area contributed by atoms with Gasteiger partial charge in [0, 0.05) is 60.0 Å². The van der Waals surface area contributed by atoms with Crippen molar-refractivity contribution in [2.75, 3.05) is 24.2 Å². The smallest absolute Gasteiger partial charge is 0.407 e. The van der Waals surface area contributed by atoms with Crippen molar-refractivity contribution in [3.63, 3.8) is 0 Å². The van der Waals surface area contributed by atoms with Gasteiger partial charge in [0.15, 0.2) is 5.60 Å². The fourth-order valence-corrected chi connectivity index (χ4v) is 9.58. The van der Waals surface area contributed by atoms with Crippen LogP contribution in [0.3, 0.4) is 0 Å². The number of carbonyl (C=O) groups is 7. The Bertz CT molecular complexity index is 2880. The van der Waals surface area contributed by atoms with Gasteiger partial charge in [0.05, 0.1) is 35.1 Å². The summed E-state index contributed by atoms with van der Waals surface area (Å²) in [7, 11) is 0. The Balaban J connectivity index is 1.01. The first kappa shape index (κ1) is 52.7. The van der Waals surface area contributed by atoms with E-state index < -0.39 is 70.9 Å².